The van der Waals surface area contributed by atoms with E-state index in [9.17, 15) is 0 Å². The van der Waals surface area contributed by atoms with Crippen molar-refractivity contribution < 1.29 is 0 Å². The van der Waals surface area contributed by atoms with Gasteiger partial charge < -0.3 is 0 Å². The molecular weight excluding hydrogens is 251 g/mol. The average molecular weight is 263 g/mol. The van der Waals surface area contributed by atoms with Crippen LogP contribution in [0.4, 0.5) is 0 Å². The van der Waals surface area contributed by atoms with Gasteiger partial charge in [-0.15, -0.1) is 0 Å². The highest BCUT2D eigenvalue weighted by molar-refractivity contribution is 6.31. The van der Waals surface area contributed by atoms with Gasteiger partial charge in [0.2, 0.25) is 0 Å². The molecule has 0 aliphatic carbocycles. The first kappa shape index (κ1) is 12.2. The molecule has 0 aromatic heterocycles. The van der Waals surface area contributed by atoms with Crippen molar-refractivity contribution in [2.75, 3.05) is 0 Å². The molecule has 0 N–H and O–H groups in total. The smallest absolute Gasteiger partial charge is 0.0414 e. The zero-order valence-electron chi connectivity index (χ0n) is 9.45. The minimum Gasteiger partial charge on any atom is -0.0843 e. The molecular formula is C15H12Cl2. The molecule has 2 aromatic rings. The second kappa shape index (κ2) is 5.39. The van der Waals surface area contributed by atoms with Crippen molar-refractivity contribution in [2.24, 2.45) is 0 Å². The zero-order valence-corrected chi connectivity index (χ0v) is 11.0. The third-order valence-electron chi connectivity index (χ3n) is 2.40. The minimum atomic E-state index is 0.751. The Morgan fingerprint density at radius 2 is 1.41 bits per heavy atom. The Morgan fingerprint density at radius 3 is 2.06 bits per heavy atom. The highest BCUT2D eigenvalue weighted by Gasteiger charge is 1.93. The van der Waals surface area contributed by atoms with Gasteiger partial charge in [0.25, 0.3) is 0 Å². The van der Waals surface area contributed by atoms with Crippen LogP contribution < -0.4 is 0 Å². The van der Waals surface area contributed by atoms with E-state index >= 15 is 0 Å². The molecule has 0 radical (unpaired) electrons. The standard InChI is InChI=1S/C15H12Cl2/c1-11-8-13(10-15(17)9-11)3-2-12-4-6-14(16)7-5-12/h2-10H,1H3/b3-2+. The van der Waals surface area contributed by atoms with Crippen molar-refractivity contribution in [3.05, 3.63) is 69.2 Å². The first-order valence-corrected chi connectivity index (χ1v) is 6.10. The summed E-state index contributed by atoms with van der Waals surface area (Å²) in [6, 6.07) is 13.7. The molecule has 0 aliphatic heterocycles. The fraction of sp³-hybridized carbons (Fsp3) is 0.0667. The molecule has 2 aromatic carbocycles. The summed E-state index contributed by atoms with van der Waals surface area (Å²) < 4.78 is 0. The van der Waals surface area contributed by atoms with Crippen LogP contribution in [0.2, 0.25) is 10.0 Å². The maximum Gasteiger partial charge on any atom is 0.0414 e. The number of hydrogen-bond donors (Lipinski definition) is 0. The topological polar surface area (TPSA) is 0 Å². The van der Waals surface area contributed by atoms with Gasteiger partial charge in [-0.3, -0.25) is 0 Å². The van der Waals surface area contributed by atoms with Gasteiger partial charge in [0.15, 0.2) is 0 Å². The van der Waals surface area contributed by atoms with Gasteiger partial charge in [0.05, 0.1) is 0 Å². The summed E-state index contributed by atoms with van der Waals surface area (Å²) >= 11 is 11.8. The van der Waals surface area contributed by atoms with Gasteiger partial charge in [0, 0.05) is 10.0 Å². The van der Waals surface area contributed by atoms with E-state index in [1.165, 1.54) is 0 Å². The lowest BCUT2D eigenvalue weighted by atomic mass is 10.1. The Labute approximate surface area is 112 Å². The normalized spacial score (nSPS) is 11.0. The number of hydrogen-bond acceptors (Lipinski definition) is 0. The summed E-state index contributed by atoms with van der Waals surface area (Å²) in [5, 5.41) is 1.52. The molecule has 0 amide bonds. The van der Waals surface area contributed by atoms with E-state index in [2.05, 4.69) is 6.07 Å². The largest absolute Gasteiger partial charge is 0.0843 e. The molecule has 0 bridgehead atoms. The van der Waals surface area contributed by atoms with Crippen LogP contribution in [0, 0.1) is 6.92 Å². The van der Waals surface area contributed by atoms with Gasteiger partial charge in [-0.1, -0.05) is 53.6 Å². The Kier molecular flexibility index (Phi) is 3.88. The molecule has 2 heteroatoms. The van der Waals surface area contributed by atoms with Crippen LogP contribution in [-0.2, 0) is 0 Å². The third kappa shape index (κ3) is 3.62. The lowest BCUT2D eigenvalue weighted by Gasteiger charge is -1.99. The van der Waals surface area contributed by atoms with Crippen LogP contribution in [0.5, 0.6) is 0 Å². The van der Waals surface area contributed by atoms with Crippen molar-refractivity contribution in [3.8, 4) is 0 Å². The van der Waals surface area contributed by atoms with Crippen LogP contribution in [0.15, 0.2) is 42.5 Å². The second-order valence-electron chi connectivity index (χ2n) is 3.95. The van der Waals surface area contributed by atoms with Crippen molar-refractivity contribution >= 4 is 35.4 Å². The second-order valence-corrected chi connectivity index (χ2v) is 4.82. The Balaban J connectivity index is 2.22. The first-order valence-electron chi connectivity index (χ1n) is 5.34. The number of rotatable bonds is 2. The molecule has 0 unspecified atom stereocenters. The highest BCUT2D eigenvalue weighted by atomic mass is 35.5. The van der Waals surface area contributed by atoms with Crippen molar-refractivity contribution in [2.45, 2.75) is 6.92 Å². The van der Waals surface area contributed by atoms with Crippen LogP contribution in [0.3, 0.4) is 0 Å². The number of aryl methyl sites for hydroxylation is 1. The SMILES string of the molecule is Cc1cc(Cl)cc(/C=C/c2ccc(Cl)cc2)c1. The van der Waals surface area contributed by atoms with Gasteiger partial charge in [-0.2, -0.15) is 0 Å². The maximum absolute atomic E-state index is 6.00. The molecule has 86 valence electrons. The molecule has 0 nitrogen and oxygen atoms in total. The Morgan fingerprint density at radius 1 is 0.765 bits per heavy atom. The van der Waals surface area contributed by atoms with E-state index in [1.807, 2.05) is 55.5 Å². The lowest BCUT2D eigenvalue weighted by Crippen LogP contribution is -1.77. The van der Waals surface area contributed by atoms with Crippen LogP contribution in [-0.4, -0.2) is 0 Å². The Bertz CT molecular complexity index is 519. The molecule has 0 fully saturated rings. The fourth-order valence-corrected chi connectivity index (χ4v) is 2.05. The van der Waals surface area contributed by atoms with Gasteiger partial charge in [-0.05, 0) is 47.9 Å². The summed E-state index contributed by atoms with van der Waals surface area (Å²) in [4.78, 5) is 0. The van der Waals surface area contributed by atoms with Crippen LogP contribution in [0.25, 0.3) is 12.2 Å². The number of halogens is 2. The first-order chi connectivity index (χ1) is 8.13. The molecule has 0 aliphatic rings. The molecule has 0 atom stereocenters. The van der Waals surface area contributed by atoms with E-state index in [4.69, 9.17) is 23.2 Å². The average Bonchev–Trinajstić information content (AvgIpc) is 2.27. The summed E-state index contributed by atoms with van der Waals surface area (Å²) in [6.07, 6.45) is 4.09. The molecule has 2 rings (SSSR count). The maximum atomic E-state index is 6.00. The number of benzene rings is 2. The highest BCUT2D eigenvalue weighted by Crippen LogP contribution is 2.17. The molecule has 0 heterocycles. The summed E-state index contributed by atoms with van der Waals surface area (Å²) in [5.41, 5.74) is 3.38. The molecule has 17 heavy (non-hydrogen) atoms. The van der Waals surface area contributed by atoms with E-state index < -0.39 is 0 Å². The van der Waals surface area contributed by atoms with E-state index in [0.717, 1.165) is 26.7 Å². The molecule has 0 saturated heterocycles. The monoisotopic (exact) mass is 262 g/mol. The summed E-state index contributed by atoms with van der Waals surface area (Å²) in [5.74, 6) is 0. The fourth-order valence-electron chi connectivity index (χ4n) is 1.63. The minimum absolute atomic E-state index is 0.751. The third-order valence-corrected chi connectivity index (χ3v) is 2.87. The van der Waals surface area contributed by atoms with Crippen LogP contribution >= 0.6 is 23.2 Å². The predicted octanol–water partition coefficient (Wildman–Crippen LogP) is 5.47. The molecule has 0 spiro atoms. The van der Waals surface area contributed by atoms with E-state index in [0.29, 0.717) is 0 Å². The van der Waals surface area contributed by atoms with Crippen LogP contribution in [0.1, 0.15) is 16.7 Å². The summed E-state index contributed by atoms with van der Waals surface area (Å²) in [6.45, 7) is 2.03. The molecule has 0 saturated carbocycles. The van der Waals surface area contributed by atoms with Crippen molar-refractivity contribution in [1.82, 2.24) is 0 Å². The summed E-state index contributed by atoms with van der Waals surface area (Å²) in [7, 11) is 0. The van der Waals surface area contributed by atoms with Crippen molar-refractivity contribution in [1.29, 1.82) is 0 Å². The van der Waals surface area contributed by atoms with Crippen molar-refractivity contribution in [3.63, 3.8) is 0 Å². The van der Waals surface area contributed by atoms with Gasteiger partial charge in [-0.25, -0.2) is 0 Å². The Hall–Kier alpha value is -1.24. The zero-order chi connectivity index (χ0) is 12.3. The quantitative estimate of drug-likeness (QED) is 0.630. The van der Waals surface area contributed by atoms with Gasteiger partial charge >= 0.3 is 0 Å². The van der Waals surface area contributed by atoms with E-state index in [-0.39, 0.29) is 0 Å². The van der Waals surface area contributed by atoms with Gasteiger partial charge in [0.1, 0.15) is 0 Å². The predicted molar refractivity (Wildman–Crippen MR) is 76.6 cm³/mol. The lowest BCUT2D eigenvalue weighted by molar-refractivity contribution is 1.46. The van der Waals surface area contributed by atoms with E-state index in [1.54, 1.807) is 0 Å².